The third-order valence-electron chi connectivity index (χ3n) is 2.56. The van der Waals surface area contributed by atoms with E-state index in [2.05, 4.69) is 6.58 Å². The minimum Gasteiger partial charge on any atom is -0.460 e. The molecule has 0 heterocycles. The van der Waals surface area contributed by atoms with Crippen molar-refractivity contribution < 1.29 is 35.3 Å². The Morgan fingerprint density at radius 3 is 2.22 bits per heavy atom. The van der Waals surface area contributed by atoms with E-state index in [9.17, 15) is 26.4 Å². The summed E-state index contributed by atoms with van der Waals surface area (Å²) < 4.78 is 70.6. The van der Waals surface area contributed by atoms with Gasteiger partial charge in [-0.1, -0.05) is 6.58 Å². The van der Waals surface area contributed by atoms with Crippen LogP contribution in [-0.4, -0.2) is 27.1 Å². The standard InChI is InChI=1S/C14H15F3O5S/c1-9(2)13(18)21-8-10(3)22-23(19,20)12-6-4-11(5-7-12)14(15,16)17/h4-7,10H,1,8H2,2-3H3. The van der Waals surface area contributed by atoms with Gasteiger partial charge in [-0.2, -0.15) is 21.6 Å². The summed E-state index contributed by atoms with van der Waals surface area (Å²) in [5.74, 6) is -0.702. The summed E-state index contributed by atoms with van der Waals surface area (Å²) in [5.41, 5.74) is -0.831. The van der Waals surface area contributed by atoms with E-state index >= 15 is 0 Å². The van der Waals surface area contributed by atoms with Crippen LogP contribution in [0.15, 0.2) is 41.3 Å². The zero-order chi connectivity index (χ0) is 17.8. The number of halogens is 3. The first-order valence-electron chi connectivity index (χ1n) is 6.36. The van der Waals surface area contributed by atoms with Crippen molar-refractivity contribution in [2.45, 2.75) is 31.0 Å². The van der Waals surface area contributed by atoms with Gasteiger partial charge in [-0.3, -0.25) is 4.18 Å². The van der Waals surface area contributed by atoms with Gasteiger partial charge in [-0.05, 0) is 38.1 Å². The van der Waals surface area contributed by atoms with Crippen molar-refractivity contribution in [1.82, 2.24) is 0 Å². The molecule has 0 saturated heterocycles. The number of ether oxygens (including phenoxy) is 1. The molecule has 5 nitrogen and oxygen atoms in total. The van der Waals surface area contributed by atoms with Gasteiger partial charge in [0, 0.05) is 5.57 Å². The van der Waals surface area contributed by atoms with Crippen molar-refractivity contribution in [3.8, 4) is 0 Å². The van der Waals surface area contributed by atoms with Crippen LogP contribution in [0, 0.1) is 0 Å². The molecule has 1 rings (SSSR count). The highest BCUT2D eigenvalue weighted by molar-refractivity contribution is 7.86. The number of carbonyl (C=O) groups excluding carboxylic acids is 1. The minimum absolute atomic E-state index is 0.141. The van der Waals surface area contributed by atoms with Crippen LogP contribution in [-0.2, 0) is 30.0 Å². The monoisotopic (exact) mass is 352 g/mol. The summed E-state index contributed by atoms with van der Waals surface area (Å²) in [6, 6.07) is 2.87. The smallest absolute Gasteiger partial charge is 0.416 e. The molecular formula is C14H15F3O5S. The van der Waals surface area contributed by atoms with Crippen LogP contribution in [0.4, 0.5) is 13.2 Å². The van der Waals surface area contributed by atoms with E-state index in [1.54, 1.807) is 0 Å². The zero-order valence-corrected chi connectivity index (χ0v) is 13.2. The van der Waals surface area contributed by atoms with Gasteiger partial charge < -0.3 is 4.74 Å². The van der Waals surface area contributed by atoms with Crippen molar-refractivity contribution >= 4 is 16.1 Å². The molecule has 128 valence electrons. The lowest BCUT2D eigenvalue weighted by Crippen LogP contribution is -2.23. The highest BCUT2D eigenvalue weighted by Crippen LogP contribution is 2.30. The Morgan fingerprint density at radius 1 is 1.26 bits per heavy atom. The molecule has 1 aromatic carbocycles. The van der Waals surface area contributed by atoms with Crippen molar-refractivity contribution in [2.75, 3.05) is 6.61 Å². The lowest BCUT2D eigenvalue weighted by atomic mass is 10.2. The number of hydrogen-bond acceptors (Lipinski definition) is 5. The van der Waals surface area contributed by atoms with E-state index in [0.717, 1.165) is 12.1 Å². The maximum atomic E-state index is 12.4. The second kappa shape index (κ2) is 7.14. The molecule has 0 radical (unpaired) electrons. The highest BCUT2D eigenvalue weighted by Gasteiger charge is 2.31. The number of alkyl halides is 3. The summed E-state index contributed by atoms with van der Waals surface area (Å²) in [6.07, 6.45) is -5.57. The molecule has 1 unspecified atom stereocenters. The average molecular weight is 352 g/mol. The summed E-state index contributed by atoms with van der Waals surface area (Å²) in [4.78, 5) is 10.8. The molecule has 0 aromatic heterocycles. The first-order valence-corrected chi connectivity index (χ1v) is 7.77. The van der Waals surface area contributed by atoms with Crippen LogP contribution in [0.25, 0.3) is 0 Å². The van der Waals surface area contributed by atoms with Crippen LogP contribution in [0.1, 0.15) is 19.4 Å². The predicted octanol–water partition coefficient (Wildman–Crippen LogP) is 2.92. The normalized spacial score (nSPS) is 13.4. The Hall–Kier alpha value is -1.87. The largest absolute Gasteiger partial charge is 0.460 e. The molecule has 9 heteroatoms. The van der Waals surface area contributed by atoms with Crippen LogP contribution < -0.4 is 0 Å². The Morgan fingerprint density at radius 2 is 1.78 bits per heavy atom. The van der Waals surface area contributed by atoms with E-state index in [-0.39, 0.29) is 12.2 Å². The third-order valence-corrected chi connectivity index (χ3v) is 3.99. The van der Waals surface area contributed by atoms with Crippen molar-refractivity contribution in [2.24, 2.45) is 0 Å². The van der Waals surface area contributed by atoms with Crippen molar-refractivity contribution in [3.63, 3.8) is 0 Å². The molecule has 23 heavy (non-hydrogen) atoms. The highest BCUT2D eigenvalue weighted by atomic mass is 32.2. The second-order valence-corrected chi connectivity index (χ2v) is 6.33. The fourth-order valence-corrected chi connectivity index (χ4v) is 2.50. The van der Waals surface area contributed by atoms with Crippen LogP contribution in [0.2, 0.25) is 0 Å². The SMILES string of the molecule is C=C(C)C(=O)OCC(C)OS(=O)(=O)c1ccc(C(F)(F)F)cc1. The van der Waals surface area contributed by atoms with E-state index in [4.69, 9.17) is 8.92 Å². The molecule has 0 aliphatic rings. The van der Waals surface area contributed by atoms with Gasteiger partial charge in [-0.15, -0.1) is 0 Å². The fourth-order valence-electron chi connectivity index (χ4n) is 1.43. The molecule has 0 N–H and O–H groups in total. The molecule has 1 aromatic rings. The molecule has 0 aliphatic carbocycles. The lowest BCUT2D eigenvalue weighted by Gasteiger charge is -2.14. The van der Waals surface area contributed by atoms with Crippen LogP contribution >= 0.6 is 0 Å². The van der Waals surface area contributed by atoms with Gasteiger partial charge in [0.25, 0.3) is 10.1 Å². The van der Waals surface area contributed by atoms with Gasteiger partial charge in [0.15, 0.2) is 0 Å². The molecule has 1 atom stereocenters. The predicted molar refractivity (Wildman–Crippen MR) is 74.9 cm³/mol. The first kappa shape index (κ1) is 19.2. The maximum absolute atomic E-state index is 12.4. The lowest BCUT2D eigenvalue weighted by molar-refractivity contribution is -0.141. The van der Waals surface area contributed by atoms with E-state index in [1.807, 2.05) is 0 Å². The summed E-state index contributed by atoms with van der Waals surface area (Å²) in [6.45, 7) is 5.78. The number of esters is 1. The maximum Gasteiger partial charge on any atom is 0.416 e. The molecule has 0 amide bonds. The summed E-state index contributed by atoms with van der Waals surface area (Å²) >= 11 is 0. The van der Waals surface area contributed by atoms with Gasteiger partial charge >= 0.3 is 12.1 Å². The fraction of sp³-hybridized carbons (Fsp3) is 0.357. The van der Waals surface area contributed by atoms with Crippen LogP contribution in [0.3, 0.4) is 0 Å². The molecule has 0 bridgehead atoms. The van der Waals surface area contributed by atoms with Gasteiger partial charge in [0.05, 0.1) is 10.5 Å². The molecule has 0 spiro atoms. The number of carbonyl (C=O) groups is 1. The number of hydrogen-bond donors (Lipinski definition) is 0. The first-order chi connectivity index (χ1) is 10.4. The number of rotatable bonds is 6. The average Bonchev–Trinajstić information content (AvgIpc) is 2.43. The van der Waals surface area contributed by atoms with Gasteiger partial charge in [0.1, 0.15) is 12.7 Å². The Balaban J connectivity index is 2.75. The Bertz CT molecular complexity index is 677. The Labute approximate surface area is 131 Å². The number of benzene rings is 1. The Kier molecular flexibility index (Phi) is 5.95. The van der Waals surface area contributed by atoms with E-state index in [1.165, 1.54) is 13.8 Å². The minimum atomic E-state index is -4.56. The molecular weight excluding hydrogens is 337 g/mol. The van der Waals surface area contributed by atoms with Crippen molar-refractivity contribution in [1.29, 1.82) is 0 Å². The van der Waals surface area contributed by atoms with Crippen LogP contribution in [0.5, 0.6) is 0 Å². The quantitative estimate of drug-likeness (QED) is 0.447. The van der Waals surface area contributed by atoms with Crippen molar-refractivity contribution in [3.05, 3.63) is 42.0 Å². The summed E-state index contributed by atoms with van der Waals surface area (Å²) in [5, 5.41) is 0. The van der Waals surface area contributed by atoms with E-state index < -0.39 is 38.8 Å². The summed E-state index contributed by atoms with van der Waals surface area (Å²) in [7, 11) is -4.27. The molecule has 0 saturated carbocycles. The zero-order valence-electron chi connectivity index (χ0n) is 12.4. The third kappa shape index (κ3) is 5.68. The van der Waals surface area contributed by atoms with E-state index in [0.29, 0.717) is 12.1 Å². The molecule has 0 fully saturated rings. The van der Waals surface area contributed by atoms with Gasteiger partial charge in [-0.25, -0.2) is 4.79 Å². The second-order valence-electron chi connectivity index (χ2n) is 4.76. The van der Waals surface area contributed by atoms with Gasteiger partial charge in [0.2, 0.25) is 0 Å². The molecule has 0 aliphatic heterocycles. The topological polar surface area (TPSA) is 69.7 Å².